The molecule has 0 unspecified atom stereocenters. The number of hydrogen-bond donors (Lipinski definition) is 0. The molecule has 5 nitrogen and oxygen atoms in total. The highest BCUT2D eigenvalue weighted by atomic mass is 32.1. The van der Waals surface area contributed by atoms with Crippen LogP contribution in [0, 0.1) is 26.2 Å². The summed E-state index contributed by atoms with van der Waals surface area (Å²) in [6.45, 7) is 9.79. The molecule has 2 aromatic heterocycles. The zero-order valence-electron chi connectivity index (χ0n) is 14.5. The lowest BCUT2D eigenvalue weighted by Crippen LogP contribution is -2.31. The molecule has 1 atom stereocenters. The summed E-state index contributed by atoms with van der Waals surface area (Å²) in [6, 6.07) is 4.17. The van der Waals surface area contributed by atoms with Gasteiger partial charge in [-0.1, -0.05) is 5.16 Å². The van der Waals surface area contributed by atoms with E-state index < -0.39 is 0 Å². The smallest absolute Gasteiger partial charge is 0.228 e. The van der Waals surface area contributed by atoms with Gasteiger partial charge in [0.1, 0.15) is 5.76 Å². The van der Waals surface area contributed by atoms with E-state index in [-0.39, 0.29) is 11.3 Å². The molecule has 0 aromatic carbocycles. The maximum atomic E-state index is 12.6. The van der Waals surface area contributed by atoms with Crippen molar-refractivity contribution in [3.8, 4) is 0 Å². The first-order valence-corrected chi connectivity index (χ1v) is 9.28. The number of carbonyl (C=O) groups is 1. The maximum absolute atomic E-state index is 12.6. The Labute approximate surface area is 146 Å². The minimum absolute atomic E-state index is 0.105. The Balaban J connectivity index is 1.47. The second-order valence-electron chi connectivity index (χ2n) is 7.30. The molecule has 2 aliphatic rings. The summed E-state index contributed by atoms with van der Waals surface area (Å²) >= 11 is 1.71. The van der Waals surface area contributed by atoms with E-state index in [0.717, 1.165) is 49.1 Å². The number of likely N-dealkylation sites (tertiary alicyclic amines) is 1. The van der Waals surface area contributed by atoms with E-state index in [0.29, 0.717) is 6.42 Å². The number of nitrogens with zero attached hydrogens (tertiary/aromatic N) is 3. The van der Waals surface area contributed by atoms with E-state index in [9.17, 15) is 4.79 Å². The molecule has 2 aromatic rings. The summed E-state index contributed by atoms with van der Waals surface area (Å²) in [5.74, 6) is 1.18. The average Bonchev–Trinajstić information content (AvgIpc) is 3.27. The Kier molecular flexibility index (Phi) is 3.77. The van der Waals surface area contributed by atoms with E-state index >= 15 is 0 Å². The Hall–Kier alpha value is -1.66. The Morgan fingerprint density at radius 3 is 2.79 bits per heavy atom. The van der Waals surface area contributed by atoms with Crippen LogP contribution in [0.5, 0.6) is 0 Å². The molecule has 6 heteroatoms. The molecule has 4 rings (SSSR count). The number of thiophene rings is 1. The fourth-order valence-corrected chi connectivity index (χ4v) is 4.93. The van der Waals surface area contributed by atoms with Gasteiger partial charge in [0, 0.05) is 41.9 Å². The first-order chi connectivity index (χ1) is 11.5. The summed E-state index contributed by atoms with van der Waals surface area (Å²) in [5.41, 5.74) is 2.28. The van der Waals surface area contributed by atoms with Crippen LogP contribution < -0.4 is 4.90 Å². The molecule has 1 spiro atoms. The second-order valence-corrected chi connectivity index (χ2v) is 8.57. The van der Waals surface area contributed by atoms with Gasteiger partial charge >= 0.3 is 0 Å². The predicted molar refractivity (Wildman–Crippen MR) is 94.3 cm³/mol. The highest BCUT2D eigenvalue weighted by molar-refractivity contribution is 7.16. The summed E-state index contributed by atoms with van der Waals surface area (Å²) < 4.78 is 5.28. The third-order valence-corrected chi connectivity index (χ3v) is 6.42. The van der Waals surface area contributed by atoms with Crippen molar-refractivity contribution in [2.45, 2.75) is 40.2 Å². The average molecular weight is 345 g/mol. The van der Waals surface area contributed by atoms with Crippen molar-refractivity contribution < 1.29 is 9.32 Å². The highest BCUT2D eigenvalue weighted by Crippen LogP contribution is 2.43. The number of carbonyl (C=O) groups excluding carboxylic acids is 1. The van der Waals surface area contributed by atoms with E-state index in [4.69, 9.17) is 4.52 Å². The first kappa shape index (κ1) is 15.8. The molecule has 2 fully saturated rings. The topological polar surface area (TPSA) is 49.6 Å². The molecule has 0 radical (unpaired) electrons. The van der Waals surface area contributed by atoms with E-state index in [1.807, 2.05) is 18.7 Å². The van der Waals surface area contributed by atoms with Crippen LogP contribution in [0.15, 0.2) is 16.7 Å². The zero-order chi connectivity index (χ0) is 16.9. The lowest BCUT2D eigenvalue weighted by Gasteiger charge is -2.23. The molecule has 128 valence electrons. The van der Waals surface area contributed by atoms with Gasteiger partial charge in [0.25, 0.3) is 0 Å². The normalized spacial score (nSPS) is 24.6. The van der Waals surface area contributed by atoms with Gasteiger partial charge in [-0.2, -0.15) is 0 Å². The van der Waals surface area contributed by atoms with Crippen molar-refractivity contribution in [3.05, 3.63) is 34.0 Å². The SMILES string of the molecule is Cc1ccc(N2C[C@@]3(CCN(Cc4c(C)noc4C)C3)CC2=O)s1. The lowest BCUT2D eigenvalue weighted by atomic mass is 9.86. The van der Waals surface area contributed by atoms with Gasteiger partial charge < -0.3 is 9.42 Å². The minimum atomic E-state index is 0.105. The van der Waals surface area contributed by atoms with Crippen LogP contribution in [0.2, 0.25) is 0 Å². The van der Waals surface area contributed by atoms with Crippen molar-refractivity contribution in [3.63, 3.8) is 0 Å². The van der Waals surface area contributed by atoms with Crippen LogP contribution in [-0.2, 0) is 11.3 Å². The fourth-order valence-electron chi connectivity index (χ4n) is 4.05. The molecule has 1 amide bonds. The summed E-state index contributed by atoms with van der Waals surface area (Å²) in [6.07, 6.45) is 1.75. The van der Waals surface area contributed by atoms with Gasteiger partial charge in [0.2, 0.25) is 5.91 Å². The number of anilines is 1. The van der Waals surface area contributed by atoms with Crippen molar-refractivity contribution in [2.75, 3.05) is 24.5 Å². The van der Waals surface area contributed by atoms with Crippen LogP contribution >= 0.6 is 11.3 Å². The van der Waals surface area contributed by atoms with Gasteiger partial charge in [0.05, 0.1) is 10.7 Å². The summed E-state index contributed by atoms with van der Waals surface area (Å²) in [5, 5.41) is 5.15. The predicted octanol–water partition coefficient (Wildman–Crippen LogP) is 3.29. The summed E-state index contributed by atoms with van der Waals surface area (Å²) in [4.78, 5) is 18.3. The number of aromatic nitrogens is 1. The third kappa shape index (κ3) is 2.67. The van der Waals surface area contributed by atoms with E-state index in [1.54, 1.807) is 11.3 Å². The molecular weight excluding hydrogens is 322 g/mol. The van der Waals surface area contributed by atoms with Crippen LogP contribution in [-0.4, -0.2) is 35.6 Å². The largest absolute Gasteiger partial charge is 0.361 e. The Morgan fingerprint density at radius 1 is 1.29 bits per heavy atom. The summed E-state index contributed by atoms with van der Waals surface area (Å²) in [7, 11) is 0. The standard InChI is InChI=1S/C18H23N3O2S/c1-12-4-5-17(24-12)21-11-18(8-16(21)22)6-7-20(10-18)9-15-13(2)19-23-14(15)3/h4-5H,6-11H2,1-3H3/t18-/m0/s1. The molecule has 0 bridgehead atoms. The molecule has 2 saturated heterocycles. The highest BCUT2D eigenvalue weighted by Gasteiger charge is 2.48. The maximum Gasteiger partial charge on any atom is 0.228 e. The number of hydrogen-bond acceptors (Lipinski definition) is 5. The Bertz CT molecular complexity index is 762. The number of rotatable bonds is 3. The van der Waals surface area contributed by atoms with Gasteiger partial charge in [0.15, 0.2) is 0 Å². The Morgan fingerprint density at radius 2 is 2.12 bits per heavy atom. The van der Waals surface area contributed by atoms with E-state index in [1.165, 1.54) is 10.4 Å². The second kappa shape index (κ2) is 5.70. The molecule has 0 N–H and O–H groups in total. The van der Waals surface area contributed by atoms with Crippen molar-refractivity contribution in [1.29, 1.82) is 0 Å². The van der Waals surface area contributed by atoms with Crippen LogP contribution in [0.1, 0.15) is 34.7 Å². The van der Waals surface area contributed by atoms with Crippen molar-refractivity contribution >= 4 is 22.2 Å². The molecule has 4 heterocycles. The fraction of sp³-hybridized carbons (Fsp3) is 0.556. The third-order valence-electron chi connectivity index (χ3n) is 5.39. The number of aryl methyl sites for hydroxylation is 3. The van der Waals surface area contributed by atoms with Gasteiger partial charge in [-0.05, 0) is 45.9 Å². The van der Waals surface area contributed by atoms with Crippen molar-refractivity contribution in [1.82, 2.24) is 10.1 Å². The molecule has 0 saturated carbocycles. The quantitative estimate of drug-likeness (QED) is 0.856. The molecule has 24 heavy (non-hydrogen) atoms. The van der Waals surface area contributed by atoms with Gasteiger partial charge in [-0.3, -0.25) is 9.69 Å². The van der Waals surface area contributed by atoms with Crippen LogP contribution in [0.25, 0.3) is 0 Å². The molecule has 2 aliphatic heterocycles. The van der Waals surface area contributed by atoms with Crippen LogP contribution in [0.4, 0.5) is 5.00 Å². The van der Waals surface area contributed by atoms with Crippen molar-refractivity contribution in [2.24, 2.45) is 5.41 Å². The number of amides is 1. The minimum Gasteiger partial charge on any atom is -0.361 e. The van der Waals surface area contributed by atoms with E-state index in [2.05, 4.69) is 29.1 Å². The van der Waals surface area contributed by atoms with Gasteiger partial charge in [-0.15, -0.1) is 11.3 Å². The lowest BCUT2D eigenvalue weighted by molar-refractivity contribution is -0.117. The van der Waals surface area contributed by atoms with Gasteiger partial charge in [-0.25, -0.2) is 0 Å². The first-order valence-electron chi connectivity index (χ1n) is 8.47. The molecular formula is C18H23N3O2S. The monoisotopic (exact) mass is 345 g/mol. The molecule has 0 aliphatic carbocycles. The zero-order valence-corrected chi connectivity index (χ0v) is 15.3. The van der Waals surface area contributed by atoms with Crippen LogP contribution in [0.3, 0.4) is 0 Å².